The van der Waals surface area contributed by atoms with Gasteiger partial charge in [0.15, 0.2) is 0 Å². The Bertz CT molecular complexity index is 529. The van der Waals surface area contributed by atoms with Crippen molar-refractivity contribution in [1.82, 2.24) is 10.0 Å². The highest BCUT2D eigenvalue weighted by molar-refractivity contribution is 7.89. The van der Waals surface area contributed by atoms with Gasteiger partial charge in [0, 0.05) is 17.6 Å². The van der Waals surface area contributed by atoms with Crippen molar-refractivity contribution in [2.75, 3.05) is 13.1 Å². The average Bonchev–Trinajstić information content (AvgIpc) is 2.83. The molecular formula is C12H18Cl2N2O2S. The SMILES string of the molecule is Cc1ccc(S(=O)(=O)NCC2CCCN2)cc1Cl.Cl. The number of hydrogen-bond donors (Lipinski definition) is 2. The van der Waals surface area contributed by atoms with E-state index >= 15 is 0 Å². The monoisotopic (exact) mass is 324 g/mol. The Hall–Kier alpha value is -0.330. The molecule has 1 aliphatic heterocycles. The van der Waals surface area contributed by atoms with E-state index in [4.69, 9.17) is 11.6 Å². The molecule has 0 aromatic heterocycles. The summed E-state index contributed by atoms with van der Waals surface area (Å²) >= 11 is 5.94. The summed E-state index contributed by atoms with van der Waals surface area (Å²) in [5.74, 6) is 0. The Balaban J connectivity index is 0.00000180. The van der Waals surface area contributed by atoms with E-state index in [0.29, 0.717) is 11.6 Å². The highest BCUT2D eigenvalue weighted by Crippen LogP contribution is 2.19. The van der Waals surface area contributed by atoms with Gasteiger partial charge in [-0.3, -0.25) is 0 Å². The Morgan fingerprint density at radius 2 is 2.21 bits per heavy atom. The summed E-state index contributed by atoms with van der Waals surface area (Å²) in [7, 11) is -3.46. The fourth-order valence-corrected chi connectivity index (χ4v) is 3.32. The van der Waals surface area contributed by atoms with Gasteiger partial charge in [0.1, 0.15) is 0 Å². The highest BCUT2D eigenvalue weighted by Gasteiger charge is 2.19. The van der Waals surface area contributed by atoms with Gasteiger partial charge >= 0.3 is 0 Å². The Labute approximate surface area is 125 Å². The van der Waals surface area contributed by atoms with Gasteiger partial charge in [-0.1, -0.05) is 17.7 Å². The lowest BCUT2D eigenvalue weighted by atomic mass is 10.2. The molecule has 0 radical (unpaired) electrons. The van der Waals surface area contributed by atoms with Gasteiger partial charge in [-0.25, -0.2) is 13.1 Å². The largest absolute Gasteiger partial charge is 0.313 e. The van der Waals surface area contributed by atoms with Crippen molar-refractivity contribution in [1.29, 1.82) is 0 Å². The van der Waals surface area contributed by atoms with Crippen LogP contribution in [-0.2, 0) is 10.0 Å². The van der Waals surface area contributed by atoms with Crippen LogP contribution in [0.25, 0.3) is 0 Å². The molecule has 1 fully saturated rings. The Morgan fingerprint density at radius 3 is 2.79 bits per heavy atom. The molecule has 1 heterocycles. The van der Waals surface area contributed by atoms with Crippen molar-refractivity contribution in [2.24, 2.45) is 0 Å². The lowest BCUT2D eigenvalue weighted by Crippen LogP contribution is -2.37. The van der Waals surface area contributed by atoms with Crippen LogP contribution < -0.4 is 10.0 Å². The third kappa shape index (κ3) is 4.33. The molecule has 2 rings (SSSR count). The standard InChI is InChI=1S/C12H17ClN2O2S.ClH/c1-9-4-5-11(7-12(9)13)18(16,17)15-8-10-3-2-6-14-10;/h4-5,7,10,14-15H,2-3,6,8H2,1H3;1H. The van der Waals surface area contributed by atoms with Crippen molar-refractivity contribution in [2.45, 2.75) is 30.7 Å². The zero-order valence-corrected chi connectivity index (χ0v) is 13.0. The number of halogens is 2. The Kier molecular flexibility index (Phi) is 6.08. The van der Waals surface area contributed by atoms with Crippen LogP contribution in [0.15, 0.2) is 23.1 Å². The number of rotatable bonds is 4. The molecule has 4 nitrogen and oxygen atoms in total. The summed E-state index contributed by atoms with van der Waals surface area (Å²) in [5.41, 5.74) is 0.869. The van der Waals surface area contributed by atoms with E-state index in [1.807, 2.05) is 6.92 Å². The van der Waals surface area contributed by atoms with Crippen molar-refractivity contribution in [3.05, 3.63) is 28.8 Å². The van der Waals surface area contributed by atoms with Crippen LogP contribution in [0.2, 0.25) is 5.02 Å². The maximum atomic E-state index is 12.1. The van der Waals surface area contributed by atoms with Gasteiger partial charge in [-0.2, -0.15) is 0 Å². The van der Waals surface area contributed by atoms with E-state index in [1.165, 1.54) is 6.07 Å². The predicted molar refractivity (Wildman–Crippen MR) is 79.7 cm³/mol. The smallest absolute Gasteiger partial charge is 0.240 e. The van der Waals surface area contributed by atoms with E-state index < -0.39 is 10.0 Å². The first-order chi connectivity index (χ1) is 8.49. The molecule has 0 spiro atoms. The van der Waals surface area contributed by atoms with Gasteiger partial charge in [0.25, 0.3) is 0 Å². The fourth-order valence-electron chi connectivity index (χ4n) is 1.97. The number of aryl methyl sites for hydroxylation is 1. The number of sulfonamides is 1. The summed E-state index contributed by atoms with van der Waals surface area (Å²) in [6.07, 6.45) is 2.11. The molecular weight excluding hydrogens is 307 g/mol. The highest BCUT2D eigenvalue weighted by atomic mass is 35.5. The maximum absolute atomic E-state index is 12.1. The Morgan fingerprint density at radius 1 is 1.47 bits per heavy atom. The minimum Gasteiger partial charge on any atom is -0.313 e. The van der Waals surface area contributed by atoms with E-state index in [9.17, 15) is 8.42 Å². The first-order valence-corrected chi connectivity index (χ1v) is 7.84. The van der Waals surface area contributed by atoms with Gasteiger partial charge in [0.2, 0.25) is 10.0 Å². The minimum atomic E-state index is -3.46. The van der Waals surface area contributed by atoms with E-state index in [2.05, 4.69) is 10.0 Å². The normalized spacial score (nSPS) is 19.2. The third-order valence-corrected chi connectivity index (χ3v) is 4.96. The fraction of sp³-hybridized carbons (Fsp3) is 0.500. The molecule has 1 aliphatic rings. The molecule has 1 aromatic carbocycles. The molecule has 0 saturated carbocycles. The molecule has 1 unspecified atom stereocenters. The van der Waals surface area contributed by atoms with Crippen LogP contribution >= 0.6 is 24.0 Å². The van der Waals surface area contributed by atoms with E-state index in [1.54, 1.807) is 12.1 Å². The van der Waals surface area contributed by atoms with Crippen LogP contribution in [0.5, 0.6) is 0 Å². The number of benzene rings is 1. The van der Waals surface area contributed by atoms with E-state index in [0.717, 1.165) is 24.9 Å². The molecule has 1 saturated heterocycles. The second-order valence-corrected chi connectivity index (χ2v) is 6.73. The molecule has 108 valence electrons. The minimum absolute atomic E-state index is 0. The summed E-state index contributed by atoms with van der Waals surface area (Å²) in [6.45, 7) is 3.23. The summed E-state index contributed by atoms with van der Waals surface area (Å²) in [5, 5.41) is 3.72. The van der Waals surface area contributed by atoms with Gasteiger partial charge < -0.3 is 5.32 Å². The maximum Gasteiger partial charge on any atom is 0.240 e. The van der Waals surface area contributed by atoms with Crippen molar-refractivity contribution in [3.8, 4) is 0 Å². The molecule has 2 N–H and O–H groups in total. The lowest BCUT2D eigenvalue weighted by Gasteiger charge is -2.12. The van der Waals surface area contributed by atoms with Gasteiger partial charge in [-0.05, 0) is 44.0 Å². The molecule has 1 atom stereocenters. The van der Waals surface area contributed by atoms with Gasteiger partial charge in [-0.15, -0.1) is 12.4 Å². The van der Waals surface area contributed by atoms with Crippen LogP contribution in [0, 0.1) is 6.92 Å². The first-order valence-electron chi connectivity index (χ1n) is 5.98. The lowest BCUT2D eigenvalue weighted by molar-refractivity contribution is 0.552. The summed E-state index contributed by atoms with van der Waals surface area (Å²) in [6, 6.07) is 5.01. The average molecular weight is 325 g/mol. The topological polar surface area (TPSA) is 58.2 Å². The zero-order chi connectivity index (χ0) is 13.2. The molecule has 1 aromatic rings. The summed E-state index contributed by atoms with van der Waals surface area (Å²) < 4.78 is 26.7. The van der Waals surface area contributed by atoms with Crippen molar-refractivity contribution in [3.63, 3.8) is 0 Å². The van der Waals surface area contributed by atoms with Crippen molar-refractivity contribution >= 4 is 34.0 Å². The molecule has 19 heavy (non-hydrogen) atoms. The van der Waals surface area contributed by atoms with Gasteiger partial charge in [0.05, 0.1) is 4.90 Å². The number of hydrogen-bond acceptors (Lipinski definition) is 3. The zero-order valence-electron chi connectivity index (χ0n) is 10.6. The summed E-state index contributed by atoms with van der Waals surface area (Å²) in [4.78, 5) is 0.219. The molecule has 0 bridgehead atoms. The number of nitrogens with one attached hydrogen (secondary N) is 2. The molecule has 0 aliphatic carbocycles. The van der Waals surface area contributed by atoms with Crippen molar-refractivity contribution < 1.29 is 8.42 Å². The van der Waals surface area contributed by atoms with Crippen LogP contribution in [-0.4, -0.2) is 27.5 Å². The second kappa shape index (κ2) is 6.90. The predicted octanol–water partition coefficient (Wildman–Crippen LogP) is 2.10. The van der Waals surface area contributed by atoms with Crippen LogP contribution in [0.4, 0.5) is 0 Å². The quantitative estimate of drug-likeness (QED) is 0.891. The molecule has 7 heteroatoms. The van der Waals surface area contributed by atoms with Crippen LogP contribution in [0.1, 0.15) is 18.4 Å². The van der Waals surface area contributed by atoms with E-state index in [-0.39, 0.29) is 23.3 Å². The van der Waals surface area contributed by atoms with Crippen LogP contribution in [0.3, 0.4) is 0 Å². The third-order valence-electron chi connectivity index (χ3n) is 3.14. The molecule has 0 amide bonds. The first kappa shape index (κ1) is 16.7. The second-order valence-electron chi connectivity index (χ2n) is 4.56.